The highest BCUT2D eigenvalue weighted by Crippen LogP contribution is 2.22. The van der Waals surface area contributed by atoms with Gasteiger partial charge in [0, 0.05) is 29.0 Å². The van der Waals surface area contributed by atoms with Crippen molar-refractivity contribution >= 4 is 17.8 Å². The van der Waals surface area contributed by atoms with E-state index in [-0.39, 0.29) is 37.5 Å². The lowest BCUT2D eigenvalue weighted by Gasteiger charge is -2.24. The van der Waals surface area contributed by atoms with Gasteiger partial charge in [-0.2, -0.15) is 0 Å². The largest absolute Gasteiger partial charge is 0.468 e. The van der Waals surface area contributed by atoms with Crippen LogP contribution in [0, 0.1) is 11.8 Å². The summed E-state index contributed by atoms with van der Waals surface area (Å²) in [5.41, 5.74) is 17.1. The van der Waals surface area contributed by atoms with Crippen LogP contribution in [0.1, 0.15) is 26.7 Å². The number of methoxy groups -OCH3 is 1. The third-order valence-electron chi connectivity index (χ3n) is 4.48. The summed E-state index contributed by atoms with van der Waals surface area (Å²) in [6.07, 6.45) is 0.855. The van der Waals surface area contributed by atoms with Gasteiger partial charge < -0.3 is 20.7 Å². The fourth-order valence-corrected chi connectivity index (χ4v) is 3.15. The Balaban J connectivity index is 2.85. The fourth-order valence-electron chi connectivity index (χ4n) is 3.15. The van der Waals surface area contributed by atoms with Crippen molar-refractivity contribution in [2.75, 3.05) is 26.7 Å². The van der Waals surface area contributed by atoms with Crippen LogP contribution in [0.15, 0.2) is 10.2 Å². The molecule has 29 heavy (non-hydrogen) atoms. The molecule has 1 aliphatic rings. The van der Waals surface area contributed by atoms with Crippen molar-refractivity contribution in [3.05, 3.63) is 20.9 Å². The molecule has 2 amide bonds. The van der Waals surface area contributed by atoms with Gasteiger partial charge in [-0.15, -0.1) is 0 Å². The first-order chi connectivity index (χ1) is 13.8. The highest BCUT2D eigenvalue weighted by molar-refractivity contribution is 5.91. The Labute approximate surface area is 168 Å². The van der Waals surface area contributed by atoms with Crippen LogP contribution in [0.4, 0.5) is 0 Å². The number of hydrogen-bond acceptors (Lipinski definition) is 7. The van der Waals surface area contributed by atoms with E-state index < -0.39 is 29.9 Å². The van der Waals surface area contributed by atoms with E-state index in [0.717, 1.165) is 0 Å². The fraction of sp³-hybridized carbons (Fsp3) is 0.812. The van der Waals surface area contributed by atoms with Gasteiger partial charge in [-0.05, 0) is 35.7 Å². The quantitative estimate of drug-likeness (QED) is 0.196. The maximum Gasteiger partial charge on any atom is 0.325 e. The number of rotatable bonds is 11. The molecule has 1 aliphatic heterocycles. The van der Waals surface area contributed by atoms with Gasteiger partial charge in [0.15, 0.2) is 0 Å². The van der Waals surface area contributed by atoms with E-state index in [4.69, 9.17) is 11.1 Å². The monoisotopic (exact) mass is 409 g/mol. The van der Waals surface area contributed by atoms with Crippen LogP contribution in [-0.2, 0) is 19.1 Å². The maximum absolute atomic E-state index is 12.8. The van der Waals surface area contributed by atoms with E-state index in [9.17, 15) is 14.4 Å². The van der Waals surface area contributed by atoms with Gasteiger partial charge in [0.2, 0.25) is 11.8 Å². The Bertz CT molecular complexity index is 686. The number of carbonyl (C=O) groups excluding carboxylic acids is 3. The maximum atomic E-state index is 12.8. The van der Waals surface area contributed by atoms with Gasteiger partial charge in [0.25, 0.3) is 0 Å². The Morgan fingerprint density at radius 2 is 1.86 bits per heavy atom. The molecule has 1 saturated heterocycles. The van der Waals surface area contributed by atoms with E-state index in [1.54, 1.807) is 0 Å². The SMILES string of the molecule is COC(=O)CNC(=O)[C@H](CC(C)C)NC(=O)[C@H]1N[C@H](CN=[N+]=[N-])C[C@@H]1CN=[N+]=[N-]. The first-order valence-corrected chi connectivity index (χ1v) is 9.25. The molecular formula is C16H27N9O4. The van der Waals surface area contributed by atoms with Crippen LogP contribution in [0.5, 0.6) is 0 Å². The summed E-state index contributed by atoms with van der Waals surface area (Å²) in [6, 6.07) is -1.79. The van der Waals surface area contributed by atoms with Crippen LogP contribution in [0.3, 0.4) is 0 Å². The molecule has 13 nitrogen and oxygen atoms in total. The highest BCUT2D eigenvalue weighted by atomic mass is 16.5. The number of carbonyl (C=O) groups is 3. The predicted octanol–water partition coefficient (Wildman–Crippen LogP) is 0.774. The predicted molar refractivity (Wildman–Crippen MR) is 103 cm³/mol. The number of amides is 2. The van der Waals surface area contributed by atoms with Crippen molar-refractivity contribution in [2.24, 2.45) is 22.1 Å². The molecular weight excluding hydrogens is 382 g/mol. The molecule has 160 valence electrons. The van der Waals surface area contributed by atoms with E-state index in [1.165, 1.54) is 7.11 Å². The Hall–Kier alpha value is -3.01. The minimum Gasteiger partial charge on any atom is -0.468 e. The number of nitrogens with one attached hydrogen (secondary N) is 3. The van der Waals surface area contributed by atoms with Crippen molar-refractivity contribution in [2.45, 2.75) is 44.8 Å². The highest BCUT2D eigenvalue weighted by Gasteiger charge is 2.38. The van der Waals surface area contributed by atoms with Crippen molar-refractivity contribution in [1.82, 2.24) is 16.0 Å². The number of hydrogen-bond donors (Lipinski definition) is 3. The van der Waals surface area contributed by atoms with Gasteiger partial charge in [0.1, 0.15) is 12.6 Å². The van der Waals surface area contributed by atoms with Crippen LogP contribution < -0.4 is 16.0 Å². The topological polar surface area (TPSA) is 194 Å². The lowest BCUT2D eigenvalue weighted by atomic mass is 9.97. The molecule has 0 saturated carbocycles. The zero-order valence-electron chi connectivity index (χ0n) is 16.7. The Morgan fingerprint density at radius 3 is 2.45 bits per heavy atom. The number of nitrogens with zero attached hydrogens (tertiary/aromatic N) is 6. The second-order valence-electron chi connectivity index (χ2n) is 7.15. The summed E-state index contributed by atoms with van der Waals surface area (Å²) in [7, 11) is 1.21. The summed E-state index contributed by atoms with van der Waals surface area (Å²) in [5, 5.41) is 15.3. The van der Waals surface area contributed by atoms with Gasteiger partial charge >= 0.3 is 5.97 Å². The summed E-state index contributed by atoms with van der Waals surface area (Å²) >= 11 is 0. The third kappa shape index (κ3) is 8.26. The molecule has 0 radical (unpaired) electrons. The molecule has 1 fully saturated rings. The lowest BCUT2D eigenvalue weighted by Crippen LogP contribution is -2.54. The van der Waals surface area contributed by atoms with Crippen LogP contribution in [0.25, 0.3) is 20.9 Å². The Morgan fingerprint density at radius 1 is 1.21 bits per heavy atom. The molecule has 0 aromatic carbocycles. The third-order valence-corrected chi connectivity index (χ3v) is 4.48. The van der Waals surface area contributed by atoms with Gasteiger partial charge in [-0.1, -0.05) is 24.1 Å². The van der Waals surface area contributed by atoms with E-state index in [0.29, 0.717) is 12.8 Å². The van der Waals surface area contributed by atoms with E-state index in [1.807, 2.05) is 13.8 Å². The minimum absolute atomic E-state index is 0.0950. The van der Waals surface area contributed by atoms with Crippen molar-refractivity contribution in [1.29, 1.82) is 0 Å². The molecule has 0 aromatic rings. The average molecular weight is 409 g/mol. The molecule has 1 rings (SSSR count). The zero-order valence-corrected chi connectivity index (χ0v) is 16.7. The van der Waals surface area contributed by atoms with Crippen molar-refractivity contribution in [3.63, 3.8) is 0 Å². The first-order valence-electron chi connectivity index (χ1n) is 9.25. The zero-order chi connectivity index (χ0) is 21.8. The van der Waals surface area contributed by atoms with Crippen molar-refractivity contribution in [3.8, 4) is 0 Å². The summed E-state index contributed by atoms with van der Waals surface area (Å²) in [4.78, 5) is 42.0. The standard InChI is InChI=1S/C16H27N9O4/c1-9(2)4-12(15(27)19-8-13(26)29-3)23-16(28)14-10(6-20-24-17)5-11(22-14)7-21-25-18/h9-12,14,22H,4-8H2,1-3H3,(H,19,27)(H,23,28)/t10-,11+,12+,14+/m1/s1. The second kappa shape index (κ2) is 12.4. The molecule has 0 unspecified atom stereocenters. The second-order valence-corrected chi connectivity index (χ2v) is 7.15. The molecule has 3 N–H and O–H groups in total. The summed E-state index contributed by atoms with van der Waals surface area (Å²) in [5.74, 6) is -1.71. The minimum atomic E-state index is -0.842. The normalized spacial score (nSPS) is 21.4. The first kappa shape index (κ1) is 24.0. The number of esters is 1. The summed E-state index contributed by atoms with van der Waals surface area (Å²) in [6.45, 7) is 3.76. The molecule has 0 aliphatic carbocycles. The molecule has 0 aromatic heterocycles. The number of azide groups is 2. The number of ether oxygens (including phenoxy) is 1. The van der Waals surface area contributed by atoms with Crippen LogP contribution >= 0.6 is 0 Å². The van der Waals surface area contributed by atoms with Gasteiger partial charge in [-0.25, -0.2) is 0 Å². The smallest absolute Gasteiger partial charge is 0.325 e. The summed E-state index contributed by atoms with van der Waals surface area (Å²) < 4.78 is 4.49. The van der Waals surface area contributed by atoms with Crippen LogP contribution in [0.2, 0.25) is 0 Å². The van der Waals surface area contributed by atoms with E-state index in [2.05, 4.69) is 40.7 Å². The van der Waals surface area contributed by atoms with Crippen molar-refractivity contribution < 1.29 is 19.1 Å². The van der Waals surface area contributed by atoms with Gasteiger partial charge in [0.05, 0.1) is 13.2 Å². The molecule has 13 heteroatoms. The molecule has 0 bridgehead atoms. The molecule has 0 spiro atoms. The molecule has 1 heterocycles. The van der Waals surface area contributed by atoms with Crippen LogP contribution in [-0.4, -0.2) is 62.7 Å². The molecule has 4 atom stereocenters. The van der Waals surface area contributed by atoms with Gasteiger partial charge in [-0.3, -0.25) is 14.4 Å². The lowest BCUT2D eigenvalue weighted by molar-refractivity contribution is -0.141. The Kier molecular flexibility index (Phi) is 10.3. The van der Waals surface area contributed by atoms with E-state index >= 15 is 0 Å². The average Bonchev–Trinajstić information content (AvgIpc) is 3.10.